The van der Waals surface area contributed by atoms with Gasteiger partial charge in [-0.3, -0.25) is 9.59 Å². The standard InChI is InChI=1S/C28H35N5O2/c1-30(2)21-27(34)31(3)26(20-22-8-5-4-6-9-22)23-14-18-32(19-15-23)28(35)24-10-12-25(13-11-24)33-17-7-16-29-33/h4-13,16-17,23,26H,14-15,18-21H2,1-3H3/t26-/m1/s1. The second kappa shape index (κ2) is 11.3. The van der Waals surface area contributed by atoms with Gasteiger partial charge >= 0.3 is 0 Å². The van der Waals surface area contributed by atoms with E-state index < -0.39 is 0 Å². The monoisotopic (exact) mass is 473 g/mol. The molecule has 0 radical (unpaired) electrons. The number of benzene rings is 2. The first-order valence-corrected chi connectivity index (χ1v) is 12.3. The van der Waals surface area contributed by atoms with Crippen LogP contribution >= 0.6 is 0 Å². The average Bonchev–Trinajstić information content (AvgIpc) is 3.42. The molecule has 0 saturated carbocycles. The third kappa shape index (κ3) is 6.17. The van der Waals surface area contributed by atoms with Gasteiger partial charge in [-0.15, -0.1) is 0 Å². The summed E-state index contributed by atoms with van der Waals surface area (Å²) >= 11 is 0. The van der Waals surface area contributed by atoms with E-state index in [1.807, 2.05) is 90.6 Å². The van der Waals surface area contributed by atoms with Crippen LogP contribution in [-0.2, 0) is 11.2 Å². The zero-order chi connectivity index (χ0) is 24.8. The molecule has 1 aliphatic heterocycles. The molecule has 184 valence electrons. The number of rotatable bonds is 8. The van der Waals surface area contributed by atoms with Crippen molar-refractivity contribution in [2.45, 2.75) is 25.3 Å². The molecule has 7 heteroatoms. The smallest absolute Gasteiger partial charge is 0.253 e. The van der Waals surface area contributed by atoms with Gasteiger partial charge in [0.25, 0.3) is 5.91 Å². The zero-order valence-corrected chi connectivity index (χ0v) is 20.9. The topological polar surface area (TPSA) is 61.7 Å². The maximum absolute atomic E-state index is 13.2. The summed E-state index contributed by atoms with van der Waals surface area (Å²) in [6, 6.07) is 19.9. The summed E-state index contributed by atoms with van der Waals surface area (Å²) in [4.78, 5) is 31.9. The summed E-state index contributed by atoms with van der Waals surface area (Å²) in [7, 11) is 5.77. The minimum absolute atomic E-state index is 0.0621. The fraction of sp³-hybridized carbons (Fsp3) is 0.393. The summed E-state index contributed by atoms with van der Waals surface area (Å²) in [6.07, 6.45) is 6.21. The van der Waals surface area contributed by atoms with Gasteiger partial charge in [0.15, 0.2) is 0 Å². The van der Waals surface area contributed by atoms with Crippen molar-refractivity contribution in [3.05, 3.63) is 84.2 Å². The van der Waals surface area contributed by atoms with E-state index in [4.69, 9.17) is 0 Å². The lowest BCUT2D eigenvalue weighted by Gasteiger charge is -2.40. The number of carbonyl (C=O) groups is 2. The first-order valence-electron chi connectivity index (χ1n) is 12.3. The van der Waals surface area contributed by atoms with Gasteiger partial charge in [0.1, 0.15) is 0 Å². The molecule has 1 saturated heterocycles. The Labute approximate surface area is 207 Å². The van der Waals surface area contributed by atoms with Crippen LogP contribution in [0.1, 0.15) is 28.8 Å². The number of likely N-dealkylation sites (tertiary alicyclic amines) is 1. The summed E-state index contributed by atoms with van der Waals surface area (Å²) in [5.41, 5.74) is 2.86. The van der Waals surface area contributed by atoms with Crippen LogP contribution in [0.4, 0.5) is 0 Å². The van der Waals surface area contributed by atoms with E-state index in [0.29, 0.717) is 31.1 Å². The summed E-state index contributed by atoms with van der Waals surface area (Å²) < 4.78 is 1.78. The van der Waals surface area contributed by atoms with Crippen molar-refractivity contribution >= 4 is 11.8 Å². The van der Waals surface area contributed by atoms with Crippen molar-refractivity contribution < 1.29 is 9.59 Å². The molecule has 35 heavy (non-hydrogen) atoms. The van der Waals surface area contributed by atoms with Crippen LogP contribution in [0.3, 0.4) is 0 Å². The molecular weight excluding hydrogens is 438 g/mol. The molecule has 4 rings (SSSR count). The largest absolute Gasteiger partial charge is 0.341 e. The first-order chi connectivity index (χ1) is 16.9. The molecule has 2 aromatic carbocycles. The Balaban J connectivity index is 1.41. The highest BCUT2D eigenvalue weighted by Crippen LogP contribution is 2.27. The van der Waals surface area contributed by atoms with E-state index in [-0.39, 0.29) is 17.9 Å². The second-order valence-electron chi connectivity index (χ2n) is 9.63. The van der Waals surface area contributed by atoms with Crippen molar-refractivity contribution in [1.29, 1.82) is 0 Å². The Kier molecular flexibility index (Phi) is 7.98. The highest BCUT2D eigenvalue weighted by Gasteiger charge is 2.33. The van der Waals surface area contributed by atoms with Gasteiger partial charge in [-0.1, -0.05) is 30.3 Å². The lowest BCUT2D eigenvalue weighted by molar-refractivity contribution is -0.134. The second-order valence-corrected chi connectivity index (χ2v) is 9.63. The molecule has 1 aliphatic rings. The first kappa shape index (κ1) is 24.7. The quantitative estimate of drug-likeness (QED) is 0.503. The lowest BCUT2D eigenvalue weighted by Crippen LogP contribution is -2.50. The van der Waals surface area contributed by atoms with Crippen LogP contribution in [0.15, 0.2) is 73.1 Å². The van der Waals surface area contributed by atoms with E-state index in [2.05, 4.69) is 17.2 Å². The highest BCUT2D eigenvalue weighted by molar-refractivity contribution is 5.94. The molecule has 0 N–H and O–H groups in total. The van der Waals surface area contributed by atoms with E-state index in [9.17, 15) is 9.59 Å². The Hall–Kier alpha value is -3.45. The van der Waals surface area contributed by atoms with Gasteiger partial charge in [0.2, 0.25) is 5.91 Å². The van der Waals surface area contributed by atoms with Crippen LogP contribution in [0.25, 0.3) is 5.69 Å². The molecule has 1 fully saturated rings. The highest BCUT2D eigenvalue weighted by atomic mass is 16.2. The SMILES string of the molecule is CN(C)CC(=O)N(C)[C@H](Cc1ccccc1)C1CCN(C(=O)c2ccc(-n3cccn3)cc2)CC1. The average molecular weight is 474 g/mol. The number of hydrogen-bond donors (Lipinski definition) is 0. The zero-order valence-electron chi connectivity index (χ0n) is 20.9. The Bertz CT molecular complexity index is 1090. The van der Waals surface area contributed by atoms with Crippen LogP contribution in [0.2, 0.25) is 0 Å². The molecule has 0 unspecified atom stereocenters. The number of piperidine rings is 1. The van der Waals surface area contributed by atoms with Crippen LogP contribution in [0.5, 0.6) is 0 Å². The molecule has 2 amide bonds. The number of nitrogens with zero attached hydrogens (tertiary/aromatic N) is 5. The van der Waals surface area contributed by atoms with Crippen LogP contribution in [0, 0.1) is 5.92 Å². The fourth-order valence-electron chi connectivity index (χ4n) is 4.89. The summed E-state index contributed by atoms with van der Waals surface area (Å²) in [6.45, 7) is 1.80. The van der Waals surface area contributed by atoms with E-state index in [1.54, 1.807) is 10.9 Å². The number of carbonyl (C=O) groups excluding carboxylic acids is 2. The summed E-state index contributed by atoms with van der Waals surface area (Å²) in [5.74, 6) is 0.538. The van der Waals surface area contributed by atoms with Gasteiger partial charge in [-0.2, -0.15) is 5.10 Å². The van der Waals surface area contributed by atoms with Gasteiger partial charge in [0.05, 0.1) is 12.2 Å². The Morgan fingerprint density at radius 2 is 1.66 bits per heavy atom. The molecule has 1 aromatic heterocycles. The van der Waals surface area contributed by atoms with Crippen molar-refractivity contribution in [3.63, 3.8) is 0 Å². The molecule has 1 atom stereocenters. The third-order valence-corrected chi connectivity index (χ3v) is 6.88. The lowest BCUT2D eigenvalue weighted by atomic mass is 9.84. The maximum Gasteiger partial charge on any atom is 0.253 e. The Morgan fingerprint density at radius 3 is 2.26 bits per heavy atom. The Morgan fingerprint density at radius 1 is 0.971 bits per heavy atom. The molecular formula is C28H35N5O2. The number of aromatic nitrogens is 2. The minimum Gasteiger partial charge on any atom is -0.341 e. The van der Waals surface area contributed by atoms with Gasteiger partial charge in [0, 0.05) is 44.1 Å². The van der Waals surface area contributed by atoms with Gasteiger partial charge in [-0.25, -0.2) is 4.68 Å². The van der Waals surface area contributed by atoms with Crippen LogP contribution < -0.4 is 0 Å². The number of likely N-dealkylation sites (N-methyl/N-ethyl adjacent to an activating group) is 2. The van der Waals surface area contributed by atoms with Crippen molar-refractivity contribution in [3.8, 4) is 5.69 Å². The van der Waals surface area contributed by atoms with Gasteiger partial charge in [-0.05, 0) is 75.2 Å². The number of hydrogen-bond acceptors (Lipinski definition) is 4. The molecule has 0 spiro atoms. The molecule has 3 aromatic rings. The van der Waals surface area contributed by atoms with E-state index in [1.165, 1.54) is 5.56 Å². The predicted octanol–water partition coefficient (Wildman–Crippen LogP) is 3.36. The van der Waals surface area contributed by atoms with Crippen molar-refractivity contribution in [2.75, 3.05) is 40.8 Å². The predicted molar refractivity (Wildman–Crippen MR) is 137 cm³/mol. The van der Waals surface area contributed by atoms with Crippen molar-refractivity contribution in [2.24, 2.45) is 5.92 Å². The van der Waals surface area contributed by atoms with Crippen LogP contribution in [-0.4, -0.2) is 83.1 Å². The summed E-state index contributed by atoms with van der Waals surface area (Å²) in [5, 5.41) is 4.24. The minimum atomic E-state index is 0.0621. The molecule has 0 aliphatic carbocycles. The van der Waals surface area contributed by atoms with E-state index in [0.717, 1.165) is 24.9 Å². The molecule has 7 nitrogen and oxygen atoms in total. The van der Waals surface area contributed by atoms with E-state index >= 15 is 0 Å². The third-order valence-electron chi connectivity index (χ3n) is 6.88. The molecule has 0 bridgehead atoms. The van der Waals surface area contributed by atoms with Gasteiger partial charge < -0.3 is 14.7 Å². The molecule has 2 heterocycles. The maximum atomic E-state index is 13.2. The normalized spacial score (nSPS) is 15.3. The van der Waals surface area contributed by atoms with Crippen molar-refractivity contribution in [1.82, 2.24) is 24.5 Å². The number of amides is 2. The fourth-order valence-corrected chi connectivity index (χ4v) is 4.89.